The Morgan fingerprint density at radius 1 is 0.203 bits per heavy atom. The van der Waals surface area contributed by atoms with Crippen molar-refractivity contribution in [2.45, 2.75) is 308 Å². The monoisotopic (exact) mass is 1110 g/mol. The summed E-state index contributed by atoms with van der Waals surface area (Å²) >= 11 is 0. The van der Waals surface area contributed by atoms with Crippen molar-refractivity contribution >= 4 is 44.1 Å². The van der Waals surface area contributed by atoms with Crippen LogP contribution in [0.15, 0.2) is 0 Å². The fourth-order valence-electron chi connectivity index (χ4n) is 8.04. The molecule has 3 N–H and O–H groups in total. The van der Waals surface area contributed by atoms with Gasteiger partial charge in [0.2, 0.25) is 0 Å². The summed E-state index contributed by atoms with van der Waals surface area (Å²) in [5, 5.41) is 56.7. The van der Waals surface area contributed by atoms with Gasteiger partial charge in [0.1, 0.15) is 0 Å². The predicted molar refractivity (Wildman–Crippen MR) is 264 cm³/mol. The molecule has 64 heavy (non-hydrogen) atoms. The first-order valence-electron chi connectivity index (χ1n) is 27.2. The van der Waals surface area contributed by atoms with E-state index >= 15 is 0 Å². The number of hydrogen-bond acceptors (Lipinski definition) is 9. The second-order valence-corrected chi connectivity index (χ2v) is 18.4. The van der Waals surface area contributed by atoms with Crippen LogP contribution in [0.5, 0.6) is 0 Å². The molecule has 0 aliphatic rings. The van der Waals surface area contributed by atoms with E-state index in [2.05, 4.69) is 0 Å². The maximum Gasteiger partial charge on any atom is 3.00 e. The van der Waals surface area contributed by atoms with Gasteiger partial charge in [-0.15, -0.1) is 0 Å². The Balaban J connectivity index is -0.000000419. The van der Waals surface area contributed by atoms with Gasteiger partial charge in [0.15, 0.2) is 0 Å². The van der Waals surface area contributed by atoms with E-state index in [1.807, 2.05) is 0 Å². The van der Waals surface area contributed by atoms with Crippen molar-refractivity contribution in [1.29, 1.82) is 0 Å². The van der Waals surface area contributed by atoms with E-state index in [9.17, 15) is 29.7 Å². The van der Waals surface area contributed by atoms with Gasteiger partial charge in [-0.05, 0) is 57.8 Å². The standard InChI is InChI=1S/3C18H36O3.Bi/c3*19-17-15-13-11-9-7-5-3-1-2-4-6-8-10-12-14-16-18(20)21;/h3*19H,1-17H2,(H,20,21);/q;;;+3/p-3. The van der Waals surface area contributed by atoms with Gasteiger partial charge in [0, 0.05) is 37.7 Å². The van der Waals surface area contributed by atoms with Gasteiger partial charge in [-0.3, -0.25) is 0 Å². The first-order chi connectivity index (χ1) is 30.8. The van der Waals surface area contributed by atoms with Crippen LogP contribution in [0.25, 0.3) is 0 Å². The summed E-state index contributed by atoms with van der Waals surface area (Å²) in [5.74, 6) is -2.74. The van der Waals surface area contributed by atoms with Crippen LogP contribution in [0.1, 0.15) is 308 Å². The normalized spacial score (nSPS) is 10.7. The fraction of sp³-hybridized carbons (Fsp3) is 0.944. The molecule has 0 aliphatic heterocycles. The van der Waals surface area contributed by atoms with Gasteiger partial charge in [-0.2, -0.15) is 0 Å². The van der Waals surface area contributed by atoms with Crippen LogP contribution in [0.4, 0.5) is 0 Å². The Hall–Kier alpha value is -0.827. The number of unbranched alkanes of at least 4 members (excludes halogenated alkanes) is 42. The number of carbonyl (C=O) groups excluding carboxylic acids is 3. The summed E-state index contributed by atoms with van der Waals surface area (Å²) < 4.78 is 0. The molecule has 0 amide bonds. The Morgan fingerprint density at radius 3 is 0.391 bits per heavy atom. The molecule has 0 saturated heterocycles. The quantitative estimate of drug-likeness (QED) is 0.0394. The molecule has 0 unspecified atom stereocenters. The second-order valence-electron chi connectivity index (χ2n) is 18.4. The van der Waals surface area contributed by atoms with Crippen molar-refractivity contribution in [3.05, 3.63) is 0 Å². The Labute approximate surface area is 415 Å². The molecule has 0 rings (SSSR count). The number of hydrogen-bond donors (Lipinski definition) is 3. The molecule has 0 heterocycles. The van der Waals surface area contributed by atoms with E-state index in [1.165, 1.54) is 231 Å². The molecular weight excluding hydrogens is 1000 g/mol. The summed E-state index contributed by atoms with van der Waals surface area (Å²) in [6.07, 6.45) is 55.9. The second kappa shape index (κ2) is 66.4. The van der Waals surface area contributed by atoms with Crippen LogP contribution in [0, 0.1) is 0 Å². The van der Waals surface area contributed by atoms with Crippen LogP contribution >= 0.6 is 0 Å². The van der Waals surface area contributed by atoms with E-state index in [1.54, 1.807) is 0 Å². The average molecular weight is 1110 g/mol. The van der Waals surface area contributed by atoms with Crippen LogP contribution in [0.3, 0.4) is 0 Å². The van der Waals surface area contributed by atoms with E-state index in [4.69, 9.17) is 15.3 Å². The SMILES string of the molecule is O=C([O-])CCCCCCCCCCCCCCCCCO.O=C([O-])CCCCCCCCCCCCCCCCCO.O=C([O-])CCCCCCCCCCCCCCCCCO.[Bi+3]. The fourth-order valence-corrected chi connectivity index (χ4v) is 8.04. The average Bonchev–Trinajstić information content (AvgIpc) is 3.26. The Morgan fingerprint density at radius 2 is 0.297 bits per heavy atom. The van der Waals surface area contributed by atoms with Crippen LogP contribution in [0.2, 0.25) is 0 Å². The molecule has 0 bridgehead atoms. The Bertz CT molecular complexity index is 766. The summed E-state index contributed by atoms with van der Waals surface area (Å²) in [7, 11) is 0. The number of carbonyl (C=O) groups is 3. The van der Waals surface area contributed by atoms with E-state index in [0.29, 0.717) is 19.8 Å². The van der Waals surface area contributed by atoms with E-state index in [0.717, 1.165) is 57.8 Å². The molecule has 0 atom stereocenters. The maximum absolute atomic E-state index is 10.2. The minimum Gasteiger partial charge on any atom is -0.550 e. The van der Waals surface area contributed by atoms with Crippen molar-refractivity contribution in [2.75, 3.05) is 19.8 Å². The van der Waals surface area contributed by atoms with Crippen molar-refractivity contribution < 1.29 is 45.0 Å². The number of aliphatic carboxylic acids is 3. The molecule has 0 aromatic heterocycles. The third kappa shape index (κ3) is 78.3. The molecule has 0 saturated carbocycles. The molecule has 10 heteroatoms. The molecule has 0 fully saturated rings. The van der Waals surface area contributed by atoms with E-state index < -0.39 is 17.9 Å². The minimum absolute atomic E-state index is 0. The van der Waals surface area contributed by atoms with E-state index in [-0.39, 0.29) is 45.5 Å². The zero-order valence-electron chi connectivity index (χ0n) is 41.8. The summed E-state index contributed by atoms with van der Waals surface area (Å²) in [5.41, 5.74) is 0. The maximum atomic E-state index is 10.2. The Kier molecular flexibility index (Phi) is 72.4. The third-order valence-corrected chi connectivity index (χ3v) is 12.1. The van der Waals surface area contributed by atoms with Crippen molar-refractivity contribution in [2.24, 2.45) is 0 Å². The number of aliphatic hydroxyl groups is 3. The van der Waals surface area contributed by atoms with Gasteiger partial charge in [-0.1, -0.05) is 250 Å². The topological polar surface area (TPSA) is 181 Å². The van der Waals surface area contributed by atoms with Gasteiger partial charge in [-0.25, -0.2) is 0 Å². The van der Waals surface area contributed by atoms with Crippen LogP contribution in [-0.2, 0) is 14.4 Å². The molecule has 0 aliphatic carbocycles. The first-order valence-corrected chi connectivity index (χ1v) is 27.2. The first kappa shape index (κ1) is 69.7. The molecule has 2 radical (unpaired) electrons. The van der Waals surface area contributed by atoms with Gasteiger partial charge < -0.3 is 45.0 Å². The number of carboxylic acid groups (broad SMARTS) is 3. The molecule has 0 aromatic carbocycles. The van der Waals surface area contributed by atoms with Crippen molar-refractivity contribution in [3.63, 3.8) is 0 Å². The molecule has 9 nitrogen and oxygen atoms in total. The smallest absolute Gasteiger partial charge is 0.550 e. The molecule has 380 valence electrons. The summed E-state index contributed by atoms with van der Waals surface area (Å²) in [4.78, 5) is 30.7. The minimum atomic E-state index is -0.914. The molecule has 0 aromatic rings. The zero-order chi connectivity index (χ0) is 46.8. The summed E-state index contributed by atoms with van der Waals surface area (Å²) in [6.45, 7) is 1.03. The number of aliphatic hydroxyl groups excluding tert-OH is 3. The van der Waals surface area contributed by atoms with Crippen molar-refractivity contribution in [3.8, 4) is 0 Å². The molecule has 0 spiro atoms. The van der Waals surface area contributed by atoms with Gasteiger partial charge in [0.25, 0.3) is 0 Å². The predicted octanol–water partition coefficient (Wildman–Crippen LogP) is 11.5. The zero-order valence-corrected chi connectivity index (χ0v) is 45.3. The third-order valence-electron chi connectivity index (χ3n) is 12.1. The van der Waals surface area contributed by atoms with Crippen LogP contribution in [-0.4, -0.2) is 79.3 Å². The summed E-state index contributed by atoms with van der Waals surface area (Å²) in [6, 6.07) is 0. The molecular formula is C54H105BiO9. The van der Waals surface area contributed by atoms with Gasteiger partial charge >= 0.3 is 26.2 Å². The number of rotatable bonds is 51. The number of carboxylic acids is 3. The van der Waals surface area contributed by atoms with Crippen LogP contribution < -0.4 is 15.3 Å². The largest absolute Gasteiger partial charge is 3.00 e. The van der Waals surface area contributed by atoms with Crippen molar-refractivity contribution in [1.82, 2.24) is 0 Å². The van der Waals surface area contributed by atoms with Gasteiger partial charge in [0.05, 0.1) is 0 Å².